The number of nitrogens with zero attached hydrogens (tertiary/aromatic N) is 2. The Morgan fingerprint density at radius 3 is 2.41 bits per heavy atom. The van der Waals surface area contributed by atoms with Crippen LogP contribution in [-0.4, -0.2) is 17.0 Å². The van der Waals surface area contributed by atoms with Gasteiger partial charge in [-0.3, -0.25) is 10.4 Å². The van der Waals surface area contributed by atoms with Crippen LogP contribution >= 0.6 is 0 Å². The molecule has 22 heavy (non-hydrogen) atoms. The van der Waals surface area contributed by atoms with Gasteiger partial charge in [0.1, 0.15) is 11.7 Å². The van der Waals surface area contributed by atoms with E-state index in [4.69, 9.17) is 11.1 Å². The van der Waals surface area contributed by atoms with E-state index in [1.807, 2.05) is 48.7 Å². The second-order valence-corrected chi connectivity index (χ2v) is 4.72. The number of hydrogen-bond donors (Lipinski definition) is 3. The SMILES string of the molecule is N=C(N)/C(=C1\N=CC(c2ccccc2)=CN1)c1ccccn1. The van der Waals surface area contributed by atoms with Gasteiger partial charge in [0.25, 0.3) is 0 Å². The maximum atomic E-state index is 7.79. The second-order valence-electron chi connectivity index (χ2n) is 4.72. The Labute approximate surface area is 128 Å². The van der Waals surface area contributed by atoms with Crippen LogP contribution in [0.5, 0.6) is 0 Å². The monoisotopic (exact) mass is 289 g/mol. The van der Waals surface area contributed by atoms with Crippen molar-refractivity contribution in [3.05, 3.63) is 78.0 Å². The molecule has 1 aliphatic rings. The first-order chi connectivity index (χ1) is 10.8. The van der Waals surface area contributed by atoms with Crippen molar-refractivity contribution in [2.75, 3.05) is 0 Å². The minimum absolute atomic E-state index is 0.0742. The molecule has 0 spiro atoms. The zero-order valence-corrected chi connectivity index (χ0v) is 11.8. The molecule has 0 radical (unpaired) electrons. The van der Waals surface area contributed by atoms with Gasteiger partial charge in [0.05, 0.1) is 11.3 Å². The molecule has 0 bridgehead atoms. The highest BCUT2D eigenvalue weighted by Crippen LogP contribution is 2.20. The summed E-state index contributed by atoms with van der Waals surface area (Å²) in [4.78, 5) is 8.64. The highest BCUT2D eigenvalue weighted by Gasteiger charge is 2.15. The van der Waals surface area contributed by atoms with E-state index in [0.717, 1.165) is 11.1 Å². The minimum atomic E-state index is -0.0742. The zero-order valence-electron chi connectivity index (χ0n) is 11.8. The topological polar surface area (TPSA) is 87.2 Å². The standard InChI is InChI=1S/C17H15N5/c18-16(19)15(14-8-4-5-9-20-14)17-21-10-13(11-22-17)12-6-2-1-3-7-12/h1-11,21H,(H3,18,19)/b17-15-. The first-order valence-corrected chi connectivity index (χ1v) is 6.82. The fourth-order valence-corrected chi connectivity index (χ4v) is 2.18. The van der Waals surface area contributed by atoms with Gasteiger partial charge in [0.15, 0.2) is 0 Å². The lowest BCUT2D eigenvalue weighted by atomic mass is 10.1. The highest BCUT2D eigenvalue weighted by molar-refractivity contribution is 6.21. The Balaban J connectivity index is 1.95. The summed E-state index contributed by atoms with van der Waals surface area (Å²) >= 11 is 0. The van der Waals surface area contributed by atoms with Gasteiger partial charge in [-0.1, -0.05) is 36.4 Å². The number of pyridine rings is 1. The molecule has 5 nitrogen and oxygen atoms in total. The summed E-state index contributed by atoms with van der Waals surface area (Å²) in [5.74, 6) is 0.445. The van der Waals surface area contributed by atoms with E-state index in [1.54, 1.807) is 18.5 Å². The molecule has 4 N–H and O–H groups in total. The van der Waals surface area contributed by atoms with Crippen LogP contribution in [0.15, 0.2) is 71.7 Å². The predicted octanol–water partition coefficient (Wildman–Crippen LogP) is 2.40. The van der Waals surface area contributed by atoms with Crippen molar-refractivity contribution in [2.24, 2.45) is 10.7 Å². The molecule has 1 aliphatic heterocycles. The fourth-order valence-electron chi connectivity index (χ4n) is 2.18. The largest absolute Gasteiger partial charge is 0.384 e. The number of aromatic nitrogens is 1. The lowest BCUT2D eigenvalue weighted by Gasteiger charge is -2.15. The third-order valence-corrected chi connectivity index (χ3v) is 3.23. The highest BCUT2D eigenvalue weighted by atomic mass is 15.0. The van der Waals surface area contributed by atoms with Crippen LogP contribution in [0.25, 0.3) is 11.1 Å². The van der Waals surface area contributed by atoms with E-state index in [1.165, 1.54) is 0 Å². The Bertz CT molecular complexity index is 773. The Morgan fingerprint density at radius 1 is 1.05 bits per heavy atom. The summed E-state index contributed by atoms with van der Waals surface area (Å²) in [6, 6.07) is 15.4. The van der Waals surface area contributed by atoms with Crippen LogP contribution < -0.4 is 11.1 Å². The number of allylic oxidation sites excluding steroid dienone is 1. The summed E-state index contributed by atoms with van der Waals surface area (Å²) in [6.45, 7) is 0. The number of hydrogen-bond acceptors (Lipinski definition) is 4. The lowest BCUT2D eigenvalue weighted by Crippen LogP contribution is -2.20. The van der Waals surface area contributed by atoms with Crippen LogP contribution in [0.2, 0.25) is 0 Å². The fraction of sp³-hybridized carbons (Fsp3) is 0. The molecule has 0 unspecified atom stereocenters. The molecule has 0 atom stereocenters. The number of aliphatic imine (C=N–C) groups is 1. The molecule has 3 rings (SSSR count). The summed E-state index contributed by atoms with van der Waals surface area (Å²) in [5.41, 5.74) is 8.83. The average molecular weight is 289 g/mol. The number of rotatable bonds is 3. The van der Waals surface area contributed by atoms with E-state index in [-0.39, 0.29) is 5.84 Å². The number of nitrogens with two attached hydrogens (primary N) is 1. The lowest BCUT2D eigenvalue weighted by molar-refractivity contribution is 1.03. The van der Waals surface area contributed by atoms with Crippen molar-refractivity contribution in [3.63, 3.8) is 0 Å². The van der Waals surface area contributed by atoms with Crippen LogP contribution in [0, 0.1) is 5.41 Å². The maximum Gasteiger partial charge on any atom is 0.143 e. The van der Waals surface area contributed by atoms with E-state index in [9.17, 15) is 0 Å². The molecule has 0 fully saturated rings. The smallest absolute Gasteiger partial charge is 0.143 e. The number of amidine groups is 1. The third kappa shape index (κ3) is 2.78. The quantitative estimate of drug-likeness (QED) is 0.599. The molecule has 1 aromatic carbocycles. The first-order valence-electron chi connectivity index (χ1n) is 6.82. The first kappa shape index (κ1) is 13.8. The zero-order chi connectivity index (χ0) is 15.4. The van der Waals surface area contributed by atoms with E-state index in [2.05, 4.69) is 15.3 Å². The van der Waals surface area contributed by atoms with E-state index in [0.29, 0.717) is 17.1 Å². The molecule has 108 valence electrons. The van der Waals surface area contributed by atoms with Gasteiger partial charge in [-0.2, -0.15) is 0 Å². The summed E-state index contributed by atoms with van der Waals surface area (Å²) in [5, 5.41) is 10.9. The molecule has 5 heteroatoms. The van der Waals surface area contributed by atoms with Crippen molar-refractivity contribution >= 4 is 23.2 Å². The Kier molecular flexibility index (Phi) is 3.78. The molecule has 0 saturated carbocycles. The molecular formula is C17H15N5. The van der Waals surface area contributed by atoms with Crippen LogP contribution in [0.3, 0.4) is 0 Å². The molecule has 0 aliphatic carbocycles. The van der Waals surface area contributed by atoms with Gasteiger partial charge in [0.2, 0.25) is 0 Å². The van der Waals surface area contributed by atoms with E-state index < -0.39 is 0 Å². The Hall–Kier alpha value is -3.21. The van der Waals surface area contributed by atoms with Crippen LogP contribution in [0.1, 0.15) is 11.3 Å². The summed E-state index contributed by atoms with van der Waals surface area (Å²) in [6.07, 6.45) is 5.27. The summed E-state index contributed by atoms with van der Waals surface area (Å²) in [7, 11) is 0. The van der Waals surface area contributed by atoms with Crippen LogP contribution in [-0.2, 0) is 0 Å². The summed E-state index contributed by atoms with van der Waals surface area (Å²) < 4.78 is 0. The van der Waals surface area contributed by atoms with Gasteiger partial charge in [-0.15, -0.1) is 0 Å². The minimum Gasteiger partial charge on any atom is -0.384 e. The number of nitrogens with one attached hydrogen (secondary N) is 2. The average Bonchev–Trinajstić information content (AvgIpc) is 2.57. The third-order valence-electron chi connectivity index (χ3n) is 3.23. The van der Waals surface area contributed by atoms with Gasteiger partial charge < -0.3 is 11.1 Å². The van der Waals surface area contributed by atoms with Crippen molar-refractivity contribution in [1.29, 1.82) is 5.41 Å². The maximum absolute atomic E-state index is 7.79. The molecule has 2 aromatic rings. The molecule has 2 heterocycles. The van der Waals surface area contributed by atoms with Crippen molar-refractivity contribution in [3.8, 4) is 0 Å². The van der Waals surface area contributed by atoms with E-state index >= 15 is 0 Å². The molecule has 0 saturated heterocycles. The molecular weight excluding hydrogens is 274 g/mol. The predicted molar refractivity (Wildman–Crippen MR) is 89.1 cm³/mol. The number of benzene rings is 1. The molecule has 1 aromatic heterocycles. The van der Waals surface area contributed by atoms with Gasteiger partial charge in [-0.25, -0.2) is 4.99 Å². The van der Waals surface area contributed by atoms with Gasteiger partial charge >= 0.3 is 0 Å². The normalized spacial score (nSPS) is 15.7. The van der Waals surface area contributed by atoms with Crippen molar-refractivity contribution in [2.45, 2.75) is 0 Å². The van der Waals surface area contributed by atoms with Gasteiger partial charge in [0, 0.05) is 24.2 Å². The van der Waals surface area contributed by atoms with Crippen LogP contribution in [0.4, 0.5) is 0 Å². The van der Waals surface area contributed by atoms with Crippen molar-refractivity contribution < 1.29 is 0 Å². The van der Waals surface area contributed by atoms with Crippen molar-refractivity contribution in [1.82, 2.24) is 10.3 Å². The second kappa shape index (κ2) is 6.05. The Morgan fingerprint density at radius 2 is 1.82 bits per heavy atom. The molecule has 0 amide bonds. The van der Waals surface area contributed by atoms with Gasteiger partial charge in [-0.05, 0) is 17.7 Å².